The van der Waals surface area contributed by atoms with Crippen LogP contribution in [0.15, 0.2) is 111 Å². The summed E-state index contributed by atoms with van der Waals surface area (Å²) < 4.78 is 18.6. The smallest absolute Gasteiger partial charge is 0.484 e. The topological polar surface area (TPSA) is 27.7 Å². The predicted molar refractivity (Wildman–Crippen MR) is 121 cm³/mol. The van der Waals surface area contributed by atoms with Crippen LogP contribution < -0.4 is 0 Å². The Morgan fingerprint density at radius 1 is 0.517 bits per heavy atom. The second kappa shape index (κ2) is 9.13. The van der Waals surface area contributed by atoms with Crippen molar-refractivity contribution in [3.8, 4) is 0 Å². The summed E-state index contributed by atoms with van der Waals surface area (Å²) in [5.41, 5.74) is 2.57. The molecule has 4 heteroatoms. The Kier molecular flexibility index (Phi) is 6.37. The van der Waals surface area contributed by atoms with E-state index in [0.29, 0.717) is 17.3 Å². The Bertz CT molecular complexity index is 852. The Balaban J connectivity index is 1.84. The van der Waals surface area contributed by atoms with Gasteiger partial charge in [0.2, 0.25) is 0 Å². The molecule has 0 saturated heterocycles. The van der Waals surface area contributed by atoms with Crippen LogP contribution in [-0.4, -0.2) is 8.80 Å². The molecule has 0 amide bonds. The fourth-order valence-corrected chi connectivity index (χ4v) is 4.60. The van der Waals surface area contributed by atoms with Gasteiger partial charge in [-0.15, -0.1) is 0 Å². The van der Waals surface area contributed by atoms with Crippen LogP contribution >= 0.6 is 0 Å². The molecule has 0 N–H and O–H groups in total. The molecule has 0 aliphatic heterocycles. The van der Waals surface area contributed by atoms with Crippen molar-refractivity contribution in [3.05, 3.63) is 127 Å². The van der Waals surface area contributed by atoms with Crippen molar-refractivity contribution in [2.24, 2.45) is 0 Å². The van der Waals surface area contributed by atoms with Crippen LogP contribution in [-0.2, 0) is 13.3 Å². The molecule has 0 aliphatic rings. The SMILES string of the molecule is C=C(O[Si](C)(OC(=C)c1ccccc1)OC(=C)c1ccccc1)c1ccccc1. The number of benzene rings is 3. The highest BCUT2D eigenvalue weighted by molar-refractivity contribution is 6.62. The van der Waals surface area contributed by atoms with Crippen molar-refractivity contribution in [3.63, 3.8) is 0 Å². The molecule has 0 aromatic heterocycles. The van der Waals surface area contributed by atoms with Crippen LogP contribution in [0.3, 0.4) is 0 Å². The molecule has 0 radical (unpaired) electrons. The molecule has 3 nitrogen and oxygen atoms in total. The lowest BCUT2D eigenvalue weighted by molar-refractivity contribution is 0.222. The minimum absolute atomic E-state index is 0.474. The lowest BCUT2D eigenvalue weighted by Gasteiger charge is -2.30. The predicted octanol–water partition coefficient (Wildman–Crippen LogP) is 6.62. The fraction of sp³-hybridized carbons (Fsp3) is 0.0400. The Hall–Kier alpha value is -3.50. The van der Waals surface area contributed by atoms with E-state index in [-0.39, 0.29) is 0 Å². The maximum atomic E-state index is 6.19. The van der Waals surface area contributed by atoms with Gasteiger partial charge in [-0.1, -0.05) is 111 Å². The summed E-state index contributed by atoms with van der Waals surface area (Å²) in [6.07, 6.45) is 0. The lowest BCUT2D eigenvalue weighted by atomic mass is 10.2. The third kappa shape index (κ3) is 5.50. The zero-order valence-electron chi connectivity index (χ0n) is 16.5. The van der Waals surface area contributed by atoms with E-state index in [9.17, 15) is 0 Å². The molecule has 0 atom stereocenters. The van der Waals surface area contributed by atoms with E-state index in [1.54, 1.807) is 0 Å². The van der Waals surface area contributed by atoms with E-state index >= 15 is 0 Å². The minimum atomic E-state index is -3.29. The molecule has 146 valence electrons. The van der Waals surface area contributed by atoms with E-state index in [2.05, 4.69) is 19.7 Å². The van der Waals surface area contributed by atoms with Crippen LogP contribution in [0.5, 0.6) is 0 Å². The standard InChI is InChI=1S/C25H24O3Si/c1-20(23-14-8-5-9-15-23)26-29(4,27-21(2)24-16-10-6-11-17-24)28-22(3)25-18-12-7-13-19-25/h5-19H,1-3H2,4H3. The van der Waals surface area contributed by atoms with E-state index in [0.717, 1.165) is 16.7 Å². The third-order valence-electron chi connectivity index (χ3n) is 4.21. The second-order valence-corrected chi connectivity index (χ2v) is 8.87. The highest BCUT2D eigenvalue weighted by Crippen LogP contribution is 2.29. The number of rotatable bonds is 9. The summed E-state index contributed by atoms with van der Waals surface area (Å²) in [6, 6.07) is 28.9. The van der Waals surface area contributed by atoms with Crippen molar-refractivity contribution >= 4 is 26.1 Å². The quantitative estimate of drug-likeness (QED) is 0.298. The average molecular weight is 401 g/mol. The fourth-order valence-electron chi connectivity index (χ4n) is 2.78. The molecule has 3 aromatic rings. The summed E-state index contributed by atoms with van der Waals surface area (Å²) in [4.78, 5) is 0. The molecule has 3 rings (SSSR count). The first-order valence-electron chi connectivity index (χ1n) is 9.27. The summed E-state index contributed by atoms with van der Waals surface area (Å²) in [5, 5.41) is 0. The lowest BCUT2D eigenvalue weighted by Crippen LogP contribution is -2.40. The van der Waals surface area contributed by atoms with Crippen molar-refractivity contribution in [1.29, 1.82) is 0 Å². The van der Waals surface area contributed by atoms with Crippen molar-refractivity contribution in [2.75, 3.05) is 0 Å². The van der Waals surface area contributed by atoms with Crippen LogP contribution in [0.2, 0.25) is 6.55 Å². The van der Waals surface area contributed by atoms with Gasteiger partial charge in [0, 0.05) is 23.2 Å². The van der Waals surface area contributed by atoms with Crippen LogP contribution in [0, 0.1) is 0 Å². The van der Waals surface area contributed by atoms with Crippen LogP contribution in [0.1, 0.15) is 16.7 Å². The van der Waals surface area contributed by atoms with Gasteiger partial charge < -0.3 is 13.3 Å². The molecule has 0 bridgehead atoms. The average Bonchev–Trinajstić information content (AvgIpc) is 2.75. The zero-order chi connectivity index (χ0) is 20.7. The van der Waals surface area contributed by atoms with Crippen molar-refractivity contribution in [1.82, 2.24) is 0 Å². The van der Waals surface area contributed by atoms with Gasteiger partial charge >= 0.3 is 8.80 Å². The second-order valence-electron chi connectivity index (χ2n) is 6.54. The van der Waals surface area contributed by atoms with E-state index in [1.807, 2.05) is 97.5 Å². The first-order chi connectivity index (χ1) is 14.0. The number of hydrogen-bond donors (Lipinski definition) is 0. The maximum Gasteiger partial charge on any atom is 0.696 e. The third-order valence-corrected chi connectivity index (χ3v) is 6.06. The van der Waals surface area contributed by atoms with Crippen LogP contribution in [0.25, 0.3) is 17.3 Å². The minimum Gasteiger partial charge on any atom is -0.484 e. The highest BCUT2D eigenvalue weighted by atomic mass is 28.4. The molecule has 0 aliphatic carbocycles. The Morgan fingerprint density at radius 3 is 1.00 bits per heavy atom. The van der Waals surface area contributed by atoms with Gasteiger partial charge in [-0.3, -0.25) is 0 Å². The van der Waals surface area contributed by atoms with Crippen molar-refractivity contribution in [2.45, 2.75) is 6.55 Å². The maximum absolute atomic E-state index is 6.19. The molecule has 0 unspecified atom stereocenters. The first-order valence-corrected chi connectivity index (χ1v) is 11.5. The zero-order valence-corrected chi connectivity index (χ0v) is 17.5. The molecular weight excluding hydrogens is 376 g/mol. The molecule has 0 heterocycles. The Labute approximate surface area is 173 Å². The Morgan fingerprint density at radius 2 is 0.759 bits per heavy atom. The molecular formula is C25H24O3Si. The molecule has 29 heavy (non-hydrogen) atoms. The van der Waals surface area contributed by atoms with Gasteiger partial charge in [-0.05, 0) is 0 Å². The highest BCUT2D eigenvalue weighted by Gasteiger charge is 2.44. The van der Waals surface area contributed by atoms with Gasteiger partial charge in [0.25, 0.3) is 0 Å². The van der Waals surface area contributed by atoms with E-state index in [4.69, 9.17) is 13.3 Å². The van der Waals surface area contributed by atoms with Gasteiger partial charge in [-0.2, -0.15) is 0 Å². The van der Waals surface area contributed by atoms with Crippen LogP contribution in [0.4, 0.5) is 0 Å². The van der Waals surface area contributed by atoms with Gasteiger partial charge in [-0.25, -0.2) is 0 Å². The molecule has 0 fully saturated rings. The summed E-state index contributed by atoms with van der Waals surface area (Å²) in [7, 11) is -3.29. The molecule has 3 aromatic carbocycles. The number of hydrogen-bond acceptors (Lipinski definition) is 3. The van der Waals surface area contributed by atoms with Gasteiger partial charge in [0.15, 0.2) is 0 Å². The van der Waals surface area contributed by atoms with Crippen molar-refractivity contribution < 1.29 is 13.3 Å². The van der Waals surface area contributed by atoms with E-state index in [1.165, 1.54) is 0 Å². The molecule has 0 saturated carbocycles. The first kappa shape index (κ1) is 20.2. The van der Waals surface area contributed by atoms with E-state index < -0.39 is 8.80 Å². The summed E-state index contributed by atoms with van der Waals surface area (Å²) in [5.74, 6) is 1.42. The monoisotopic (exact) mass is 400 g/mol. The summed E-state index contributed by atoms with van der Waals surface area (Å²) >= 11 is 0. The summed E-state index contributed by atoms with van der Waals surface area (Å²) in [6.45, 7) is 14.0. The largest absolute Gasteiger partial charge is 0.696 e. The molecule has 0 spiro atoms. The van der Waals surface area contributed by atoms with Gasteiger partial charge in [0.1, 0.15) is 17.3 Å². The van der Waals surface area contributed by atoms with Gasteiger partial charge in [0.05, 0.1) is 0 Å². The normalized spacial score (nSPS) is 10.7.